The van der Waals surface area contributed by atoms with Crippen LogP contribution in [0, 0.1) is 18.8 Å². The van der Waals surface area contributed by atoms with Gasteiger partial charge >= 0.3 is 0 Å². The lowest BCUT2D eigenvalue weighted by atomic mass is 10.2. The molecule has 0 aliphatic rings. The molecule has 0 aliphatic carbocycles. The lowest BCUT2D eigenvalue weighted by molar-refractivity contribution is 0.0785. The van der Waals surface area contributed by atoms with Gasteiger partial charge in [0, 0.05) is 19.0 Å². The van der Waals surface area contributed by atoms with E-state index >= 15 is 0 Å². The first-order valence-corrected chi connectivity index (χ1v) is 7.89. The number of hydrogen-bond acceptors (Lipinski definition) is 4. The quantitative estimate of drug-likeness (QED) is 0.886. The molecule has 0 spiro atoms. The van der Waals surface area contributed by atoms with Crippen LogP contribution in [0.2, 0.25) is 0 Å². The molecule has 20 heavy (non-hydrogen) atoms. The highest BCUT2D eigenvalue weighted by Crippen LogP contribution is 2.19. The third-order valence-corrected chi connectivity index (χ3v) is 4.55. The summed E-state index contributed by atoms with van der Waals surface area (Å²) in [4.78, 5) is 14.9. The van der Waals surface area contributed by atoms with E-state index in [0.717, 1.165) is 21.6 Å². The van der Waals surface area contributed by atoms with Crippen molar-refractivity contribution in [1.82, 2.24) is 4.90 Å². The van der Waals surface area contributed by atoms with Gasteiger partial charge in [-0.1, -0.05) is 11.8 Å². The Hall–Kier alpha value is -1.61. The maximum atomic E-state index is 12.3. The molecule has 104 valence electrons. The van der Waals surface area contributed by atoms with Gasteiger partial charge in [-0.05, 0) is 34.9 Å². The van der Waals surface area contributed by atoms with Crippen molar-refractivity contribution in [2.75, 3.05) is 13.7 Å². The SMILES string of the molecule is Cc1cscc1C(=O)N(C)Cc1csc(C#CCO)c1. The zero-order valence-corrected chi connectivity index (χ0v) is 13.0. The lowest BCUT2D eigenvalue weighted by Crippen LogP contribution is -2.26. The smallest absolute Gasteiger partial charge is 0.255 e. The van der Waals surface area contributed by atoms with E-state index in [0.29, 0.717) is 6.54 Å². The van der Waals surface area contributed by atoms with Crippen molar-refractivity contribution in [3.05, 3.63) is 43.8 Å². The van der Waals surface area contributed by atoms with Gasteiger partial charge in [0.25, 0.3) is 5.91 Å². The van der Waals surface area contributed by atoms with Crippen molar-refractivity contribution in [2.45, 2.75) is 13.5 Å². The maximum Gasteiger partial charge on any atom is 0.255 e. The monoisotopic (exact) mass is 305 g/mol. The lowest BCUT2D eigenvalue weighted by Gasteiger charge is -2.16. The summed E-state index contributed by atoms with van der Waals surface area (Å²) in [7, 11) is 1.80. The maximum absolute atomic E-state index is 12.3. The number of aliphatic hydroxyl groups excluding tert-OH is 1. The molecule has 1 N–H and O–H groups in total. The molecule has 0 unspecified atom stereocenters. The molecule has 0 saturated carbocycles. The summed E-state index contributed by atoms with van der Waals surface area (Å²) in [5.41, 5.74) is 2.85. The van der Waals surface area contributed by atoms with E-state index < -0.39 is 0 Å². The summed E-state index contributed by atoms with van der Waals surface area (Å²) in [5.74, 6) is 5.53. The van der Waals surface area contributed by atoms with Crippen LogP contribution in [0.25, 0.3) is 0 Å². The van der Waals surface area contributed by atoms with Crippen molar-refractivity contribution >= 4 is 28.6 Å². The molecule has 0 bridgehead atoms. The van der Waals surface area contributed by atoms with Crippen LogP contribution in [-0.4, -0.2) is 29.6 Å². The van der Waals surface area contributed by atoms with Gasteiger partial charge in [0.1, 0.15) is 6.61 Å². The third-order valence-electron chi connectivity index (χ3n) is 2.80. The second-order valence-electron chi connectivity index (χ2n) is 4.41. The van der Waals surface area contributed by atoms with Crippen LogP contribution in [-0.2, 0) is 6.54 Å². The summed E-state index contributed by atoms with van der Waals surface area (Å²) in [6.45, 7) is 2.37. The van der Waals surface area contributed by atoms with Gasteiger partial charge in [0.2, 0.25) is 0 Å². The van der Waals surface area contributed by atoms with Gasteiger partial charge in [-0.25, -0.2) is 0 Å². The van der Waals surface area contributed by atoms with Gasteiger partial charge in [-0.15, -0.1) is 11.3 Å². The molecule has 0 saturated heterocycles. The molecule has 0 aliphatic heterocycles. The standard InChI is InChI=1S/C15H15NO2S2/c1-11-8-19-10-14(11)15(18)16(2)7-12-6-13(20-9-12)4-3-5-17/h6,8-10,17H,5,7H2,1-2H3. The topological polar surface area (TPSA) is 40.5 Å². The normalized spacial score (nSPS) is 9.95. The highest BCUT2D eigenvalue weighted by atomic mass is 32.1. The van der Waals surface area contributed by atoms with E-state index in [4.69, 9.17) is 5.11 Å². The van der Waals surface area contributed by atoms with Gasteiger partial charge < -0.3 is 10.0 Å². The Labute approximate surface area is 126 Å². The van der Waals surface area contributed by atoms with E-state index in [2.05, 4.69) is 11.8 Å². The molecule has 5 heteroatoms. The Balaban J connectivity index is 2.04. The fraction of sp³-hybridized carbons (Fsp3) is 0.267. The third kappa shape index (κ3) is 3.48. The van der Waals surface area contributed by atoms with Crippen molar-refractivity contribution in [1.29, 1.82) is 0 Å². The number of carbonyl (C=O) groups excluding carboxylic acids is 1. The highest BCUT2D eigenvalue weighted by molar-refractivity contribution is 7.10. The van der Waals surface area contributed by atoms with Crippen LogP contribution < -0.4 is 0 Å². The predicted molar refractivity (Wildman–Crippen MR) is 83.1 cm³/mol. The molecule has 2 aromatic rings. The Morgan fingerprint density at radius 1 is 1.40 bits per heavy atom. The van der Waals surface area contributed by atoms with E-state index in [-0.39, 0.29) is 12.5 Å². The summed E-state index contributed by atoms with van der Waals surface area (Å²) in [6.07, 6.45) is 0. The van der Waals surface area contributed by atoms with Crippen molar-refractivity contribution in [3.8, 4) is 11.8 Å². The van der Waals surface area contributed by atoms with Crippen molar-refractivity contribution in [3.63, 3.8) is 0 Å². The summed E-state index contributed by atoms with van der Waals surface area (Å²) in [6, 6.07) is 1.96. The second kappa shape index (κ2) is 6.71. The van der Waals surface area contributed by atoms with Gasteiger partial charge in [0.15, 0.2) is 0 Å². The minimum atomic E-state index is -0.136. The number of carbonyl (C=O) groups is 1. The van der Waals surface area contributed by atoms with E-state index in [9.17, 15) is 4.79 Å². The first kappa shape index (κ1) is 14.8. The average molecular weight is 305 g/mol. The van der Waals surface area contributed by atoms with E-state index in [1.54, 1.807) is 23.3 Å². The second-order valence-corrected chi connectivity index (χ2v) is 6.06. The van der Waals surface area contributed by atoms with Crippen LogP contribution in [0.15, 0.2) is 22.2 Å². The fourth-order valence-corrected chi connectivity index (χ4v) is 3.37. The number of aryl methyl sites for hydroxylation is 1. The largest absolute Gasteiger partial charge is 0.384 e. The van der Waals surface area contributed by atoms with Gasteiger partial charge in [0.05, 0.1) is 10.4 Å². The molecule has 2 heterocycles. The minimum absolute atomic E-state index is 0.0398. The molecule has 0 radical (unpaired) electrons. The number of thiophene rings is 2. The van der Waals surface area contributed by atoms with Crippen LogP contribution in [0.1, 0.15) is 26.4 Å². The Morgan fingerprint density at radius 3 is 2.85 bits per heavy atom. The first-order valence-electron chi connectivity index (χ1n) is 6.07. The number of aliphatic hydroxyl groups is 1. The number of nitrogens with zero attached hydrogens (tertiary/aromatic N) is 1. The first-order chi connectivity index (χ1) is 9.61. The Bertz CT molecular complexity index is 661. The molecular weight excluding hydrogens is 290 g/mol. The highest BCUT2D eigenvalue weighted by Gasteiger charge is 2.15. The van der Waals surface area contributed by atoms with Crippen molar-refractivity contribution in [2.24, 2.45) is 0 Å². The zero-order chi connectivity index (χ0) is 14.5. The summed E-state index contributed by atoms with van der Waals surface area (Å²) in [5, 5.41) is 14.5. The predicted octanol–water partition coefficient (Wildman–Crippen LogP) is 2.73. The molecule has 0 atom stereocenters. The molecule has 3 nitrogen and oxygen atoms in total. The minimum Gasteiger partial charge on any atom is -0.384 e. The molecule has 2 aromatic heterocycles. The molecular formula is C15H15NO2S2. The van der Waals surface area contributed by atoms with Crippen LogP contribution in [0.5, 0.6) is 0 Å². The average Bonchev–Trinajstić information content (AvgIpc) is 3.04. The number of hydrogen-bond donors (Lipinski definition) is 1. The zero-order valence-electron chi connectivity index (χ0n) is 11.3. The van der Waals surface area contributed by atoms with Crippen molar-refractivity contribution < 1.29 is 9.90 Å². The fourth-order valence-electron chi connectivity index (χ4n) is 1.78. The van der Waals surface area contributed by atoms with Gasteiger partial charge in [-0.2, -0.15) is 11.3 Å². The number of amides is 1. The van der Waals surface area contributed by atoms with E-state index in [1.165, 1.54) is 11.3 Å². The van der Waals surface area contributed by atoms with Crippen LogP contribution in [0.4, 0.5) is 0 Å². The van der Waals surface area contributed by atoms with Gasteiger partial charge in [-0.3, -0.25) is 4.79 Å². The molecule has 1 amide bonds. The number of rotatable bonds is 3. The van der Waals surface area contributed by atoms with Crippen LogP contribution in [0.3, 0.4) is 0 Å². The Kier molecular flexibility index (Phi) is 4.96. The molecule has 2 rings (SSSR count). The summed E-state index contributed by atoms with van der Waals surface area (Å²) < 4.78 is 0. The van der Waals surface area contributed by atoms with E-state index in [1.807, 2.05) is 29.1 Å². The Morgan fingerprint density at radius 2 is 2.20 bits per heavy atom. The summed E-state index contributed by atoms with van der Waals surface area (Å²) >= 11 is 3.07. The molecule has 0 fully saturated rings. The molecule has 0 aromatic carbocycles. The van der Waals surface area contributed by atoms with Crippen LogP contribution >= 0.6 is 22.7 Å².